The predicted molar refractivity (Wildman–Crippen MR) is 58.1 cm³/mol. The van der Waals surface area contributed by atoms with Gasteiger partial charge in [0.1, 0.15) is 5.84 Å². The molecule has 0 aliphatic heterocycles. The molecule has 0 saturated heterocycles. The van der Waals surface area contributed by atoms with E-state index in [0.717, 1.165) is 4.90 Å². The van der Waals surface area contributed by atoms with E-state index in [2.05, 4.69) is 6.58 Å². The molecule has 13 heavy (non-hydrogen) atoms. The highest BCUT2D eigenvalue weighted by Crippen LogP contribution is 2.24. The van der Waals surface area contributed by atoms with Crippen molar-refractivity contribution >= 4 is 17.6 Å². The van der Waals surface area contributed by atoms with Gasteiger partial charge in [-0.25, -0.2) is 0 Å². The first-order valence-corrected chi connectivity index (χ1v) is 4.69. The summed E-state index contributed by atoms with van der Waals surface area (Å²) in [4.78, 5) is 1.65. The lowest BCUT2D eigenvalue weighted by Gasteiger charge is -2.02. The number of hydrogen-bond acceptors (Lipinski definition) is 2. The summed E-state index contributed by atoms with van der Waals surface area (Å²) in [6, 6.07) is 8.04. The number of amidine groups is 1. The van der Waals surface area contributed by atoms with Gasteiger partial charge < -0.3 is 5.73 Å². The average molecular weight is 192 g/mol. The standard InChI is InChI=1S/C10H12N2S/c1-7-3-5-9(6-4-7)13-8(2)10(11)12/h3-6H,2H2,1H3,(H3,11,12). The minimum atomic E-state index is 0.0329. The number of rotatable bonds is 3. The zero-order valence-electron chi connectivity index (χ0n) is 7.50. The lowest BCUT2D eigenvalue weighted by molar-refractivity contribution is 1.38. The number of benzene rings is 1. The average Bonchev–Trinajstić information content (AvgIpc) is 2.08. The van der Waals surface area contributed by atoms with E-state index in [4.69, 9.17) is 11.1 Å². The summed E-state index contributed by atoms with van der Waals surface area (Å²) in [7, 11) is 0. The van der Waals surface area contributed by atoms with Crippen molar-refractivity contribution in [2.75, 3.05) is 0 Å². The van der Waals surface area contributed by atoms with Gasteiger partial charge in [0.15, 0.2) is 0 Å². The molecule has 0 radical (unpaired) electrons. The summed E-state index contributed by atoms with van der Waals surface area (Å²) in [5, 5.41) is 7.15. The van der Waals surface area contributed by atoms with E-state index in [1.165, 1.54) is 17.3 Å². The third-order valence-electron chi connectivity index (χ3n) is 1.56. The van der Waals surface area contributed by atoms with Crippen LogP contribution >= 0.6 is 11.8 Å². The van der Waals surface area contributed by atoms with Crippen molar-refractivity contribution in [2.45, 2.75) is 11.8 Å². The second-order valence-corrected chi connectivity index (χ2v) is 3.92. The molecule has 0 bridgehead atoms. The fourth-order valence-electron chi connectivity index (χ4n) is 0.804. The van der Waals surface area contributed by atoms with Crippen molar-refractivity contribution in [1.82, 2.24) is 0 Å². The van der Waals surface area contributed by atoms with Crippen LogP contribution in [-0.2, 0) is 0 Å². The molecule has 2 nitrogen and oxygen atoms in total. The molecule has 0 amide bonds. The molecule has 0 spiro atoms. The Kier molecular flexibility index (Phi) is 3.14. The van der Waals surface area contributed by atoms with E-state index in [0.29, 0.717) is 4.91 Å². The first kappa shape index (κ1) is 9.86. The van der Waals surface area contributed by atoms with Crippen molar-refractivity contribution in [1.29, 1.82) is 5.41 Å². The number of hydrogen-bond donors (Lipinski definition) is 2. The van der Waals surface area contributed by atoms with Gasteiger partial charge in [-0.1, -0.05) is 36.0 Å². The minimum Gasteiger partial charge on any atom is -0.383 e. The molecule has 0 fully saturated rings. The number of nitrogens with two attached hydrogens (primary N) is 1. The Morgan fingerprint density at radius 1 is 1.38 bits per heavy atom. The van der Waals surface area contributed by atoms with Crippen LogP contribution in [0, 0.1) is 12.3 Å². The molecule has 1 aromatic carbocycles. The van der Waals surface area contributed by atoms with Crippen LogP contribution < -0.4 is 5.73 Å². The van der Waals surface area contributed by atoms with Gasteiger partial charge in [-0.05, 0) is 19.1 Å². The van der Waals surface area contributed by atoms with Crippen LogP contribution in [0.15, 0.2) is 40.6 Å². The van der Waals surface area contributed by atoms with Gasteiger partial charge in [0, 0.05) is 9.80 Å². The normalized spacial score (nSPS) is 9.62. The third kappa shape index (κ3) is 2.95. The monoisotopic (exact) mass is 192 g/mol. The highest BCUT2D eigenvalue weighted by atomic mass is 32.2. The molecular formula is C10H12N2S. The van der Waals surface area contributed by atoms with Crippen LogP contribution in [0.25, 0.3) is 0 Å². The number of thioether (sulfide) groups is 1. The Hall–Kier alpha value is -1.22. The second kappa shape index (κ2) is 4.14. The van der Waals surface area contributed by atoms with Gasteiger partial charge >= 0.3 is 0 Å². The summed E-state index contributed by atoms with van der Waals surface area (Å²) in [6.07, 6.45) is 0. The van der Waals surface area contributed by atoms with Gasteiger partial charge in [0.2, 0.25) is 0 Å². The SMILES string of the molecule is C=C(Sc1ccc(C)cc1)C(=N)N. The highest BCUT2D eigenvalue weighted by Gasteiger charge is 1.99. The Morgan fingerprint density at radius 3 is 2.38 bits per heavy atom. The van der Waals surface area contributed by atoms with E-state index in [-0.39, 0.29) is 5.84 Å². The Bertz CT molecular complexity index is 327. The van der Waals surface area contributed by atoms with E-state index in [9.17, 15) is 0 Å². The predicted octanol–water partition coefficient (Wildman–Crippen LogP) is 2.54. The summed E-state index contributed by atoms with van der Waals surface area (Å²) < 4.78 is 0. The van der Waals surface area contributed by atoms with Crippen LogP contribution in [0.4, 0.5) is 0 Å². The van der Waals surface area contributed by atoms with Gasteiger partial charge in [0.05, 0.1) is 0 Å². The van der Waals surface area contributed by atoms with Gasteiger partial charge in [-0.3, -0.25) is 5.41 Å². The molecule has 0 saturated carbocycles. The highest BCUT2D eigenvalue weighted by molar-refractivity contribution is 8.04. The van der Waals surface area contributed by atoms with Gasteiger partial charge in [-0.2, -0.15) is 0 Å². The molecule has 3 N–H and O–H groups in total. The van der Waals surface area contributed by atoms with Crippen LogP contribution in [-0.4, -0.2) is 5.84 Å². The second-order valence-electron chi connectivity index (χ2n) is 2.75. The maximum atomic E-state index is 7.15. The fourth-order valence-corrected chi connectivity index (χ4v) is 1.47. The Morgan fingerprint density at radius 2 is 1.92 bits per heavy atom. The smallest absolute Gasteiger partial charge is 0.129 e. The summed E-state index contributed by atoms with van der Waals surface area (Å²) in [6.45, 7) is 5.72. The van der Waals surface area contributed by atoms with E-state index in [1.54, 1.807) is 0 Å². The zero-order chi connectivity index (χ0) is 9.84. The summed E-state index contributed by atoms with van der Waals surface area (Å²) in [5.74, 6) is 0.0329. The molecule has 1 aromatic rings. The molecule has 0 aliphatic rings. The maximum absolute atomic E-state index is 7.15. The van der Waals surface area contributed by atoms with Crippen molar-refractivity contribution in [3.05, 3.63) is 41.3 Å². The van der Waals surface area contributed by atoms with Crippen molar-refractivity contribution in [2.24, 2.45) is 5.73 Å². The van der Waals surface area contributed by atoms with Gasteiger partial charge in [-0.15, -0.1) is 0 Å². The summed E-state index contributed by atoms with van der Waals surface area (Å²) in [5.41, 5.74) is 6.50. The van der Waals surface area contributed by atoms with E-state index < -0.39 is 0 Å². The first-order chi connectivity index (χ1) is 6.09. The first-order valence-electron chi connectivity index (χ1n) is 3.87. The van der Waals surface area contributed by atoms with E-state index in [1.807, 2.05) is 31.2 Å². The fraction of sp³-hybridized carbons (Fsp3) is 0.100. The van der Waals surface area contributed by atoms with Crippen molar-refractivity contribution in [3.8, 4) is 0 Å². The molecule has 1 rings (SSSR count). The van der Waals surface area contributed by atoms with Crippen molar-refractivity contribution in [3.63, 3.8) is 0 Å². The number of nitrogens with one attached hydrogen (secondary N) is 1. The minimum absolute atomic E-state index is 0.0329. The van der Waals surface area contributed by atoms with Gasteiger partial charge in [0.25, 0.3) is 0 Å². The molecule has 68 valence electrons. The van der Waals surface area contributed by atoms with Crippen LogP contribution in [0.5, 0.6) is 0 Å². The third-order valence-corrected chi connectivity index (χ3v) is 2.54. The molecule has 0 unspecified atom stereocenters. The Labute approximate surface area is 82.3 Å². The zero-order valence-corrected chi connectivity index (χ0v) is 8.32. The molecule has 3 heteroatoms. The molecule has 0 atom stereocenters. The topological polar surface area (TPSA) is 49.9 Å². The Balaban J connectivity index is 2.70. The largest absolute Gasteiger partial charge is 0.383 e. The molecule has 0 aliphatic carbocycles. The maximum Gasteiger partial charge on any atom is 0.129 e. The molecule has 0 aromatic heterocycles. The van der Waals surface area contributed by atoms with Crippen LogP contribution in [0.3, 0.4) is 0 Å². The summed E-state index contributed by atoms with van der Waals surface area (Å²) >= 11 is 1.42. The lowest BCUT2D eigenvalue weighted by atomic mass is 10.2. The van der Waals surface area contributed by atoms with Crippen molar-refractivity contribution < 1.29 is 0 Å². The lowest BCUT2D eigenvalue weighted by Crippen LogP contribution is -2.09. The molecule has 0 heterocycles. The van der Waals surface area contributed by atoms with Crippen LogP contribution in [0.1, 0.15) is 5.56 Å². The number of aryl methyl sites for hydroxylation is 1. The quantitative estimate of drug-likeness (QED) is 0.439. The van der Waals surface area contributed by atoms with Crippen LogP contribution in [0.2, 0.25) is 0 Å². The molecular weight excluding hydrogens is 180 g/mol. The van der Waals surface area contributed by atoms with E-state index >= 15 is 0 Å².